The van der Waals surface area contributed by atoms with Gasteiger partial charge in [-0.2, -0.15) is 5.10 Å². The van der Waals surface area contributed by atoms with E-state index in [1.165, 1.54) is 22.9 Å². The number of hydrogen-bond acceptors (Lipinski definition) is 4. The lowest BCUT2D eigenvalue weighted by Crippen LogP contribution is -2.15. The Morgan fingerprint density at radius 2 is 1.88 bits per heavy atom. The molecule has 0 atom stereocenters. The van der Waals surface area contributed by atoms with Crippen molar-refractivity contribution in [2.45, 2.75) is 6.92 Å². The third kappa shape index (κ3) is 3.65. The molecule has 0 saturated heterocycles. The molecule has 0 aliphatic rings. The Labute approximate surface area is 154 Å². The molecule has 2 aromatic carbocycles. The van der Waals surface area contributed by atoms with Crippen LogP contribution in [0.25, 0.3) is 5.69 Å². The van der Waals surface area contributed by atoms with Crippen LogP contribution in [0.1, 0.15) is 26.4 Å². The van der Waals surface area contributed by atoms with E-state index in [1.807, 2.05) is 18.2 Å². The lowest BCUT2D eigenvalue weighted by atomic mass is 10.1. The minimum Gasteiger partial charge on any atom is -0.454 e. The summed E-state index contributed by atoms with van der Waals surface area (Å²) in [5.74, 6) is -1.81. The molecule has 26 heavy (non-hydrogen) atoms. The highest BCUT2D eigenvalue weighted by atomic mass is 35.5. The maximum absolute atomic E-state index is 13.2. The number of carbonyl (C=O) groups excluding carboxylic acids is 2. The number of esters is 1. The first-order valence-electron chi connectivity index (χ1n) is 7.74. The summed E-state index contributed by atoms with van der Waals surface area (Å²) >= 11 is 6.28. The number of ketones is 1. The van der Waals surface area contributed by atoms with E-state index < -0.39 is 24.2 Å². The number of Topliss-reactive ketones (excluding diaryl/α,β-unsaturated/α-hetero) is 1. The Bertz CT molecular complexity index is 970. The van der Waals surface area contributed by atoms with Gasteiger partial charge in [0.2, 0.25) is 0 Å². The number of nitrogens with zero attached hydrogens (tertiary/aromatic N) is 2. The van der Waals surface area contributed by atoms with E-state index in [9.17, 15) is 14.0 Å². The van der Waals surface area contributed by atoms with Crippen LogP contribution in [-0.4, -0.2) is 28.1 Å². The van der Waals surface area contributed by atoms with Crippen LogP contribution in [0.2, 0.25) is 5.15 Å². The zero-order valence-electron chi connectivity index (χ0n) is 13.8. The van der Waals surface area contributed by atoms with Gasteiger partial charge < -0.3 is 4.74 Å². The Morgan fingerprint density at radius 1 is 1.15 bits per heavy atom. The summed E-state index contributed by atoms with van der Waals surface area (Å²) in [7, 11) is 0. The molecule has 0 fully saturated rings. The zero-order chi connectivity index (χ0) is 18.7. The first kappa shape index (κ1) is 17.8. The fourth-order valence-electron chi connectivity index (χ4n) is 2.42. The first-order valence-corrected chi connectivity index (χ1v) is 8.11. The number of rotatable bonds is 5. The van der Waals surface area contributed by atoms with Gasteiger partial charge in [-0.25, -0.2) is 13.9 Å². The van der Waals surface area contributed by atoms with Crippen LogP contribution in [0.5, 0.6) is 0 Å². The van der Waals surface area contributed by atoms with E-state index in [2.05, 4.69) is 5.10 Å². The highest BCUT2D eigenvalue weighted by Gasteiger charge is 2.23. The summed E-state index contributed by atoms with van der Waals surface area (Å²) in [6.07, 6.45) is 0. The summed E-state index contributed by atoms with van der Waals surface area (Å²) in [5.41, 5.74) is 1.28. The molecule has 0 aliphatic heterocycles. The quantitative estimate of drug-likeness (QED) is 0.501. The van der Waals surface area contributed by atoms with Crippen LogP contribution < -0.4 is 0 Å². The molecule has 0 spiro atoms. The Balaban J connectivity index is 1.76. The molecule has 5 nitrogen and oxygen atoms in total. The molecule has 7 heteroatoms. The molecule has 132 valence electrons. The van der Waals surface area contributed by atoms with Crippen molar-refractivity contribution in [3.05, 3.63) is 82.4 Å². The molecule has 0 unspecified atom stereocenters. The second kappa shape index (κ2) is 7.49. The van der Waals surface area contributed by atoms with Gasteiger partial charge in [0, 0.05) is 5.56 Å². The lowest BCUT2D eigenvalue weighted by molar-refractivity contribution is 0.0474. The van der Waals surface area contributed by atoms with Crippen LogP contribution in [0, 0.1) is 12.7 Å². The third-order valence-corrected chi connectivity index (χ3v) is 4.04. The summed E-state index contributed by atoms with van der Waals surface area (Å²) in [6.45, 7) is 1.10. The Hall–Kier alpha value is -2.99. The van der Waals surface area contributed by atoms with Crippen molar-refractivity contribution in [1.29, 1.82) is 0 Å². The molecule has 0 radical (unpaired) electrons. The maximum atomic E-state index is 13.2. The molecular formula is C19H14ClFN2O3. The fraction of sp³-hybridized carbons (Fsp3) is 0.105. The largest absolute Gasteiger partial charge is 0.454 e. The topological polar surface area (TPSA) is 61.2 Å². The molecule has 0 saturated carbocycles. The summed E-state index contributed by atoms with van der Waals surface area (Å²) in [5, 5.41) is 4.34. The predicted molar refractivity (Wildman–Crippen MR) is 94.3 cm³/mol. The molecule has 0 aliphatic carbocycles. The van der Waals surface area contributed by atoms with Crippen molar-refractivity contribution < 1.29 is 18.7 Å². The SMILES string of the molecule is Cc1nn(-c2ccccc2)c(Cl)c1C(=O)OCC(=O)c1cccc(F)c1. The number of halogens is 2. The fourth-order valence-corrected chi connectivity index (χ4v) is 2.77. The first-order chi connectivity index (χ1) is 12.5. The number of carbonyl (C=O) groups is 2. The number of para-hydroxylation sites is 1. The second-order valence-corrected chi connectivity index (χ2v) is 5.87. The van der Waals surface area contributed by atoms with Gasteiger partial charge in [-0.15, -0.1) is 0 Å². The van der Waals surface area contributed by atoms with Crippen molar-refractivity contribution in [3.8, 4) is 5.69 Å². The summed E-state index contributed by atoms with van der Waals surface area (Å²) in [6, 6.07) is 14.2. The summed E-state index contributed by atoms with van der Waals surface area (Å²) < 4.78 is 19.6. The van der Waals surface area contributed by atoms with E-state index in [0.717, 1.165) is 6.07 Å². The van der Waals surface area contributed by atoms with Crippen LogP contribution in [0.3, 0.4) is 0 Å². The van der Waals surface area contributed by atoms with Crippen molar-refractivity contribution >= 4 is 23.4 Å². The van der Waals surface area contributed by atoms with Gasteiger partial charge >= 0.3 is 5.97 Å². The van der Waals surface area contributed by atoms with E-state index in [1.54, 1.807) is 19.1 Å². The van der Waals surface area contributed by atoms with E-state index >= 15 is 0 Å². The molecule has 0 amide bonds. The number of ether oxygens (including phenoxy) is 1. The standard InChI is InChI=1S/C19H14ClFN2O3/c1-12-17(18(20)23(22-12)15-8-3-2-4-9-15)19(25)26-11-16(24)13-6-5-7-14(21)10-13/h2-10H,11H2,1H3. The molecule has 3 aromatic rings. The zero-order valence-corrected chi connectivity index (χ0v) is 14.5. The average Bonchev–Trinajstić information content (AvgIpc) is 2.94. The lowest BCUT2D eigenvalue weighted by Gasteiger charge is -2.05. The molecule has 3 rings (SSSR count). The van der Waals surface area contributed by atoms with Gasteiger partial charge in [0.25, 0.3) is 0 Å². The van der Waals surface area contributed by atoms with Gasteiger partial charge in [0.1, 0.15) is 16.5 Å². The van der Waals surface area contributed by atoms with Crippen LogP contribution in [-0.2, 0) is 4.74 Å². The second-order valence-electron chi connectivity index (χ2n) is 5.51. The predicted octanol–water partition coefficient (Wildman–Crippen LogP) is 4.01. The minimum absolute atomic E-state index is 0.0857. The highest BCUT2D eigenvalue weighted by Crippen LogP contribution is 2.24. The van der Waals surface area contributed by atoms with Gasteiger partial charge in [-0.1, -0.05) is 41.9 Å². The van der Waals surface area contributed by atoms with Gasteiger partial charge in [0.15, 0.2) is 12.4 Å². The van der Waals surface area contributed by atoms with E-state index in [0.29, 0.717) is 11.4 Å². The van der Waals surface area contributed by atoms with Crippen molar-refractivity contribution in [2.75, 3.05) is 6.61 Å². The average molecular weight is 373 g/mol. The number of aryl methyl sites for hydroxylation is 1. The smallest absolute Gasteiger partial charge is 0.343 e. The number of benzene rings is 2. The van der Waals surface area contributed by atoms with Crippen LogP contribution in [0.4, 0.5) is 4.39 Å². The molecule has 0 bridgehead atoms. The van der Waals surface area contributed by atoms with Crippen LogP contribution >= 0.6 is 11.6 Å². The van der Waals surface area contributed by atoms with Crippen molar-refractivity contribution in [3.63, 3.8) is 0 Å². The summed E-state index contributed by atoms with van der Waals surface area (Å²) in [4.78, 5) is 24.4. The normalized spacial score (nSPS) is 10.6. The third-order valence-electron chi connectivity index (χ3n) is 3.69. The molecule has 0 N–H and O–H groups in total. The Morgan fingerprint density at radius 3 is 2.58 bits per heavy atom. The monoisotopic (exact) mass is 372 g/mol. The maximum Gasteiger partial charge on any atom is 0.343 e. The number of hydrogen-bond donors (Lipinski definition) is 0. The number of aromatic nitrogens is 2. The highest BCUT2D eigenvalue weighted by molar-refractivity contribution is 6.33. The minimum atomic E-state index is -0.764. The van der Waals surface area contributed by atoms with Gasteiger partial charge in [-0.05, 0) is 31.2 Å². The Kier molecular flexibility index (Phi) is 5.14. The molecular weight excluding hydrogens is 359 g/mol. The van der Waals surface area contributed by atoms with E-state index in [-0.39, 0.29) is 16.3 Å². The molecule has 1 heterocycles. The molecule has 1 aromatic heterocycles. The van der Waals surface area contributed by atoms with Crippen molar-refractivity contribution in [1.82, 2.24) is 9.78 Å². The van der Waals surface area contributed by atoms with Gasteiger partial charge in [0.05, 0.1) is 11.4 Å². The van der Waals surface area contributed by atoms with E-state index in [4.69, 9.17) is 16.3 Å². The van der Waals surface area contributed by atoms with Crippen molar-refractivity contribution in [2.24, 2.45) is 0 Å². The van der Waals surface area contributed by atoms with Gasteiger partial charge in [-0.3, -0.25) is 4.79 Å². The van der Waals surface area contributed by atoms with Crippen LogP contribution in [0.15, 0.2) is 54.6 Å².